The molecule has 0 aliphatic heterocycles. The summed E-state index contributed by atoms with van der Waals surface area (Å²) >= 11 is 3.65. The summed E-state index contributed by atoms with van der Waals surface area (Å²) in [6.45, 7) is 7.65. The third-order valence-corrected chi connectivity index (χ3v) is 4.44. The van der Waals surface area contributed by atoms with Gasteiger partial charge in [-0.3, -0.25) is 0 Å². The summed E-state index contributed by atoms with van der Waals surface area (Å²) in [5.41, 5.74) is 7.74. The van der Waals surface area contributed by atoms with Gasteiger partial charge in [0.25, 0.3) is 0 Å². The molecule has 2 N–H and O–H groups in total. The molecule has 0 spiro atoms. The number of aromatic nitrogens is 1. The lowest BCUT2D eigenvalue weighted by Crippen LogP contribution is -2.29. The van der Waals surface area contributed by atoms with Crippen LogP contribution < -0.4 is 10.6 Å². The number of hydrogen-bond donors (Lipinski definition) is 1. The molecule has 1 fully saturated rings. The van der Waals surface area contributed by atoms with Crippen LogP contribution in [0.4, 0.5) is 11.5 Å². The van der Waals surface area contributed by atoms with Gasteiger partial charge in [0, 0.05) is 12.6 Å². The Balaban J connectivity index is 2.22. The summed E-state index contributed by atoms with van der Waals surface area (Å²) in [5.74, 6) is 1.78. The van der Waals surface area contributed by atoms with Gasteiger partial charge in [0.05, 0.1) is 16.4 Å². The second-order valence-electron chi connectivity index (χ2n) is 5.58. The molecule has 18 heavy (non-hydrogen) atoms. The zero-order valence-corrected chi connectivity index (χ0v) is 13.0. The van der Waals surface area contributed by atoms with Crippen molar-refractivity contribution in [3.05, 3.63) is 16.2 Å². The van der Waals surface area contributed by atoms with E-state index in [2.05, 4.69) is 39.7 Å². The highest BCUT2D eigenvalue weighted by Crippen LogP contribution is 2.37. The number of anilines is 2. The molecule has 2 rings (SSSR count). The second kappa shape index (κ2) is 5.47. The number of nitrogens with two attached hydrogens (primary N) is 1. The van der Waals surface area contributed by atoms with Crippen molar-refractivity contribution in [2.45, 2.75) is 46.1 Å². The molecule has 0 radical (unpaired) electrons. The number of halogens is 1. The zero-order chi connectivity index (χ0) is 13.3. The van der Waals surface area contributed by atoms with E-state index in [0.29, 0.717) is 6.04 Å². The van der Waals surface area contributed by atoms with Gasteiger partial charge in [0.1, 0.15) is 5.82 Å². The molecule has 0 atom stereocenters. The van der Waals surface area contributed by atoms with Crippen molar-refractivity contribution in [1.29, 1.82) is 0 Å². The van der Waals surface area contributed by atoms with Crippen molar-refractivity contribution in [3.8, 4) is 0 Å². The summed E-state index contributed by atoms with van der Waals surface area (Å²) in [6, 6.07) is 0.676. The highest BCUT2D eigenvalue weighted by atomic mass is 79.9. The predicted molar refractivity (Wildman–Crippen MR) is 80.9 cm³/mol. The summed E-state index contributed by atoms with van der Waals surface area (Å²) in [5, 5.41) is 0. The molecule has 3 nitrogen and oxygen atoms in total. The third-order valence-electron chi connectivity index (χ3n) is 3.49. The maximum absolute atomic E-state index is 5.89. The Morgan fingerprint density at radius 1 is 1.50 bits per heavy atom. The Labute approximate surface area is 118 Å². The molecular weight excluding hydrogens is 290 g/mol. The monoisotopic (exact) mass is 311 g/mol. The third kappa shape index (κ3) is 2.97. The van der Waals surface area contributed by atoms with Crippen LogP contribution >= 0.6 is 15.9 Å². The van der Waals surface area contributed by atoms with E-state index in [1.807, 2.05) is 6.92 Å². The zero-order valence-electron chi connectivity index (χ0n) is 11.4. The second-order valence-corrected chi connectivity index (χ2v) is 6.38. The van der Waals surface area contributed by atoms with Crippen molar-refractivity contribution in [2.75, 3.05) is 17.2 Å². The average molecular weight is 312 g/mol. The van der Waals surface area contributed by atoms with Crippen molar-refractivity contribution in [1.82, 2.24) is 4.98 Å². The molecule has 0 amide bonds. The smallest absolute Gasteiger partial charge is 0.143 e. The lowest BCUT2D eigenvalue weighted by atomic mass is 10.1. The predicted octanol–water partition coefficient (Wildman–Crippen LogP) is 3.75. The molecule has 1 saturated carbocycles. The van der Waals surface area contributed by atoms with Crippen LogP contribution in [0.5, 0.6) is 0 Å². The van der Waals surface area contributed by atoms with E-state index in [4.69, 9.17) is 5.73 Å². The highest BCUT2D eigenvalue weighted by Gasteiger charge is 2.31. The van der Waals surface area contributed by atoms with Crippen molar-refractivity contribution < 1.29 is 0 Å². The number of rotatable bonds is 5. The lowest BCUT2D eigenvalue weighted by Gasteiger charge is -2.26. The molecule has 1 aromatic heterocycles. The molecule has 100 valence electrons. The van der Waals surface area contributed by atoms with Crippen molar-refractivity contribution >= 4 is 27.4 Å². The minimum absolute atomic E-state index is 0.676. The van der Waals surface area contributed by atoms with E-state index in [-0.39, 0.29) is 0 Å². The van der Waals surface area contributed by atoms with Gasteiger partial charge < -0.3 is 10.6 Å². The Morgan fingerprint density at radius 2 is 2.17 bits per heavy atom. The standard InChI is InChI=1S/C14H22BrN3/c1-9(2)6-7-18(11-4-5-11)14-13(15)10(3)12(16)8-17-14/h8-9,11H,4-7,16H2,1-3H3. The van der Waals surface area contributed by atoms with Crippen LogP contribution in [0.1, 0.15) is 38.7 Å². The van der Waals surface area contributed by atoms with Gasteiger partial charge in [-0.1, -0.05) is 13.8 Å². The quantitative estimate of drug-likeness (QED) is 0.900. The van der Waals surface area contributed by atoms with E-state index in [9.17, 15) is 0 Å². The van der Waals surface area contributed by atoms with Crippen molar-refractivity contribution in [2.24, 2.45) is 5.92 Å². The molecule has 0 unspecified atom stereocenters. The number of nitrogens with zero attached hydrogens (tertiary/aromatic N) is 2. The largest absolute Gasteiger partial charge is 0.397 e. The summed E-state index contributed by atoms with van der Waals surface area (Å²) in [4.78, 5) is 6.97. The van der Waals surface area contributed by atoms with Crippen LogP contribution in [-0.2, 0) is 0 Å². The molecule has 1 aromatic rings. The van der Waals surface area contributed by atoms with Gasteiger partial charge in [0.2, 0.25) is 0 Å². The van der Waals surface area contributed by atoms with E-state index < -0.39 is 0 Å². The van der Waals surface area contributed by atoms with E-state index in [1.165, 1.54) is 19.3 Å². The minimum atomic E-state index is 0.676. The summed E-state index contributed by atoms with van der Waals surface area (Å²) < 4.78 is 1.05. The fraction of sp³-hybridized carbons (Fsp3) is 0.643. The van der Waals surface area contributed by atoms with E-state index in [1.54, 1.807) is 6.20 Å². The molecule has 0 saturated heterocycles. The fourth-order valence-electron chi connectivity index (χ4n) is 2.02. The maximum Gasteiger partial charge on any atom is 0.143 e. The van der Waals surface area contributed by atoms with Crippen LogP contribution in [0, 0.1) is 12.8 Å². The van der Waals surface area contributed by atoms with Gasteiger partial charge in [0.15, 0.2) is 0 Å². The Kier molecular flexibility index (Phi) is 4.15. The highest BCUT2D eigenvalue weighted by molar-refractivity contribution is 9.10. The first-order valence-corrected chi connectivity index (χ1v) is 7.47. The van der Waals surface area contributed by atoms with Gasteiger partial charge in [-0.2, -0.15) is 0 Å². The van der Waals surface area contributed by atoms with Gasteiger partial charge in [-0.05, 0) is 53.6 Å². The van der Waals surface area contributed by atoms with Gasteiger partial charge >= 0.3 is 0 Å². The Morgan fingerprint density at radius 3 is 2.72 bits per heavy atom. The summed E-state index contributed by atoms with van der Waals surface area (Å²) in [7, 11) is 0. The topological polar surface area (TPSA) is 42.1 Å². The normalized spacial score (nSPS) is 15.2. The molecule has 1 aliphatic carbocycles. The van der Waals surface area contributed by atoms with Crippen LogP contribution in [0.3, 0.4) is 0 Å². The van der Waals surface area contributed by atoms with Crippen LogP contribution in [0.15, 0.2) is 10.7 Å². The molecular formula is C14H22BrN3. The van der Waals surface area contributed by atoms with Crippen molar-refractivity contribution in [3.63, 3.8) is 0 Å². The lowest BCUT2D eigenvalue weighted by molar-refractivity contribution is 0.568. The first-order valence-electron chi connectivity index (χ1n) is 6.68. The molecule has 0 aromatic carbocycles. The minimum Gasteiger partial charge on any atom is -0.397 e. The number of nitrogen functional groups attached to an aromatic ring is 1. The Bertz CT molecular complexity index is 427. The fourth-order valence-corrected chi connectivity index (χ4v) is 2.58. The van der Waals surface area contributed by atoms with Gasteiger partial charge in [-0.25, -0.2) is 4.98 Å². The van der Waals surface area contributed by atoms with Gasteiger partial charge in [-0.15, -0.1) is 0 Å². The SMILES string of the molecule is Cc1c(N)cnc(N(CCC(C)C)C2CC2)c1Br. The van der Waals surface area contributed by atoms with Crippen LogP contribution in [0.25, 0.3) is 0 Å². The summed E-state index contributed by atoms with van der Waals surface area (Å²) in [6.07, 6.45) is 5.56. The molecule has 4 heteroatoms. The Hall–Kier alpha value is -0.770. The molecule has 0 bridgehead atoms. The van der Waals surface area contributed by atoms with Crippen LogP contribution in [0.2, 0.25) is 0 Å². The van der Waals surface area contributed by atoms with E-state index >= 15 is 0 Å². The number of hydrogen-bond acceptors (Lipinski definition) is 3. The first kappa shape index (κ1) is 13.7. The maximum atomic E-state index is 5.89. The first-order chi connectivity index (χ1) is 8.50. The van der Waals surface area contributed by atoms with Crippen LogP contribution in [-0.4, -0.2) is 17.6 Å². The number of pyridine rings is 1. The molecule has 1 heterocycles. The average Bonchev–Trinajstić information content (AvgIpc) is 3.13. The van der Waals surface area contributed by atoms with E-state index in [0.717, 1.165) is 34.0 Å². The molecule has 1 aliphatic rings.